The highest BCUT2D eigenvalue weighted by atomic mass is 16.5. The summed E-state index contributed by atoms with van der Waals surface area (Å²) in [5.74, 6) is 0.974. The maximum absolute atomic E-state index is 5.46. The van der Waals surface area contributed by atoms with Crippen molar-refractivity contribution in [1.82, 2.24) is 10.2 Å². The summed E-state index contributed by atoms with van der Waals surface area (Å²) in [4.78, 5) is 2.73. The Hall–Kier alpha value is -0.120. The zero-order valence-corrected chi connectivity index (χ0v) is 11.6. The summed E-state index contributed by atoms with van der Waals surface area (Å²) in [6.07, 6.45) is 9.74. The van der Waals surface area contributed by atoms with Gasteiger partial charge in [0.15, 0.2) is 0 Å². The van der Waals surface area contributed by atoms with E-state index < -0.39 is 0 Å². The quantitative estimate of drug-likeness (QED) is 0.810. The predicted octanol–water partition coefficient (Wildman–Crippen LogP) is 2.02. The van der Waals surface area contributed by atoms with Crippen LogP contribution in [0.15, 0.2) is 0 Å². The largest absolute Gasteiger partial charge is 0.381 e. The molecule has 1 atom stereocenters. The third-order valence-electron chi connectivity index (χ3n) is 5.14. The minimum absolute atomic E-state index is 0.811. The van der Waals surface area contributed by atoms with Crippen LogP contribution in [0.1, 0.15) is 44.9 Å². The molecule has 3 nitrogen and oxygen atoms in total. The Kier molecular flexibility index (Phi) is 4.55. The molecule has 3 aliphatic rings. The first-order chi connectivity index (χ1) is 8.93. The number of rotatable bonds is 5. The van der Waals surface area contributed by atoms with Crippen molar-refractivity contribution in [3.05, 3.63) is 0 Å². The Morgan fingerprint density at radius 3 is 2.39 bits per heavy atom. The lowest BCUT2D eigenvalue weighted by Crippen LogP contribution is -2.58. The van der Waals surface area contributed by atoms with E-state index in [2.05, 4.69) is 10.2 Å². The summed E-state index contributed by atoms with van der Waals surface area (Å²) in [5, 5.41) is 3.73. The van der Waals surface area contributed by atoms with Gasteiger partial charge >= 0.3 is 0 Å². The van der Waals surface area contributed by atoms with Gasteiger partial charge in [0, 0.05) is 38.4 Å². The number of nitrogens with zero attached hydrogens (tertiary/aromatic N) is 1. The summed E-state index contributed by atoms with van der Waals surface area (Å²) < 4.78 is 5.46. The molecule has 0 bridgehead atoms. The SMILES string of the molecule is C1CCC(CNCC2CCN2C2CCOCC2)C1. The molecule has 0 amide bonds. The third kappa shape index (κ3) is 3.06. The van der Waals surface area contributed by atoms with E-state index in [9.17, 15) is 0 Å². The Balaban J connectivity index is 1.34. The van der Waals surface area contributed by atoms with E-state index in [1.165, 1.54) is 64.6 Å². The van der Waals surface area contributed by atoms with Crippen molar-refractivity contribution in [2.24, 2.45) is 5.92 Å². The average Bonchev–Trinajstić information content (AvgIpc) is 2.87. The van der Waals surface area contributed by atoms with Crippen LogP contribution in [0, 0.1) is 5.92 Å². The van der Waals surface area contributed by atoms with Crippen molar-refractivity contribution >= 4 is 0 Å². The third-order valence-corrected chi connectivity index (χ3v) is 5.14. The van der Waals surface area contributed by atoms with Gasteiger partial charge in [-0.3, -0.25) is 4.90 Å². The van der Waals surface area contributed by atoms with E-state index in [1.807, 2.05) is 0 Å². The fraction of sp³-hybridized carbons (Fsp3) is 1.00. The van der Waals surface area contributed by atoms with Crippen molar-refractivity contribution in [3.8, 4) is 0 Å². The second kappa shape index (κ2) is 6.36. The maximum atomic E-state index is 5.46. The number of hydrogen-bond donors (Lipinski definition) is 1. The number of ether oxygens (including phenoxy) is 1. The molecule has 0 aromatic heterocycles. The molecule has 1 aliphatic carbocycles. The van der Waals surface area contributed by atoms with Gasteiger partial charge in [-0.15, -0.1) is 0 Å². The summed E-state index contributed by atoms with van der Waals surface area (Å²) in [6, 6.07) is 1.63. The van der Waals surface area contributed by atoms with E-state index in [-0.39, 0.29) is 0 Å². The number of nitrogens with one attached hydrogen (secondary N) is 1. The molecule has 3 rings (SSSR count). The van der Waals surface area contributed by atoms with Gasteiger partial charge in [0.05, 0.1) is 0 Å². The summed E-state index contributed by atoms with van der Waals surface area (Å²) >= 11 is 0. The topological polar surface area (TPSA) is 24.5 Å². The molecule has 0 aromatic carbocycles. The molecule has 1 N–H and O–H groups in total. The first kappa shape index (κ1) is 12.9. The van der Waals surface area contributed by atoms with Gasteiger partial charge in [0.2, 0.25) is 0 Å². The second-order valence-electron chi connectivity index (χ2n) is 6.33. The van der Waals surface area contributed by atoms with Crippen LogP contribution in [0.4, 0.5) is 0 Å². The Bertz CT molecular complexity index is 247. The lowest BCUT2D eigenvalue weighted by molar-refractivity contribution is -0.0227. The minimum atomic E-state index is 0.811. The molecule has 3 fully saturated rings. The lowest BCUT2D eigenvalue weighted by Gasteiger charge is -2.47. The molecule has 0 radical (unpaired) electrons. The first-order valence-electron chi connectivity index (χ1n) is 7.97. The molecule has 0 spiro atoms. The molecule has 2 saturated heterocycles. The van der Waals surface area contributed by atoms with Crippen molar-refractivity contribution < 1.29 is 4.74 Å². The van der Waals surface area contributed by atoms with E-state index in [0.717, 1.165) is 31.2 Å². The van der Waals surface area contributed by atoms with Crippen LogP contribution in [0.5, 0.6) is 0 Å². The Morgan fingerprint density at radius 2 is 1.72 bits per heavy atom. The van der Waals surface area contributed by atoms with Gasteiger partial charge < -0.3 is 10.1 Å². The van der Waals surface area contributed by atoms with Crippen LogP contribution >= 0.6 is 0 Å². The summed E-state index contributed by atoms with van der Waals surface area (Å²) in [5.41, 5.74) is 0. The van der Waals surface area contributed by atoms with Crippen LogP contribution < -0.4 is 5.32 Å². The molecule has 2 heterocycles. The van der Waals surface area contributed by atoms with Gasteiger partial charge in [0.1, 0.15) is 0 Å². The van der Waals surface area contributed by atoms with Gasteiger partial charge in [-0.05, 0) is 44.6 Å². The van der Waals surface area contributed by atoms with Gasteiger partial charge in [-0.1, -0.05) is 12.8 Å². The predicted molar refractivity (Wildman–Crippen MR) is 73.8 cm³/mol. The van der Waals surface area contributed by atoms with Crippen molar-refractivity contribution in [3.63, 3.8) is 0 Å². The van der Waals surface area contributed by atoms with Crippen LogP contribution in [-0.4, -0.2) is 49.8 Å². The Labute approximate surface area is 111 Å². The first-order valence-corrected chi connectivity index (χ1v) is 7.97. The van der Waals surface area contributed by atoms with Crippen molar-refractivity contribution in [2.75, 3.05) is 32.8 Å². The molecule has 104 valence electrons. The molecular formula is C15H28N2O. The maximum Gasteiger partial charge on any atom is 0.0480 e. The molecular weight excluding hydrogens is 224 g/mol. The van der Waals surface area contributed by atoms with E-state index in [1.54, 1.807) is 0 Å². The standard InChI is InChI=1S/C15H28N2O/c1-2-4-13(3-1)11-16-12-15-5-8-17(15)14-6-9-18-10-7-14/h13-16H,1-12H2. The highest BCUT2D eigenvalue weighted by molar-refractivity contribution is 4.90. The van der Waals surface area contributed by atoms with Crippen LogP contribution in [0.3, 0.4) is 0 Å². The molecule has 3 heteroatoms. The zero-order chi connectivity index (χ0) is 12.2. The van der Waals surface area contributed by atoms with Gasteiger partial charge in [0.25, 0.3) is 0 Å². The van der Waals surface area contributed by atoms with Gasteiger partial charge in [-0.25, -0.2) is 0 Å². The van der Waals surface area contributed by atoms with Crippen molar-refractivity contribution in [1.29, 1.82) is 0 Å². The van der Waals surface area contributed by atoms with E-state index in [4.69, 9.17) is 4.74 Å². The summed E-state index contributed by atoms with van der Waals surface area (Å²) in [6.45, 7) is 5.75. The summed E-state index contributed by atoms with van der Waals surface area (Å²) in [7, 11) is 0. The minimum Gasteiger partial charge on any atom is -0.381 e. The fourth-order valence-electron chi connectivity index (χ4n) is 3.85. The van der Waals surface area contributed by atoms with Crippen LogP contribution in [0.25, 0.3) is 0 Å². The average molecular weight is 252 g/mol. The molecule has 18 heavy (non-hydrogen) atoms. The van der Waals surface area contributed by atoms with E-state index in [0.29, 0.717) is 0 Å². The molecule has 1 unspecified atom stereocenters. The normalized spacial score (nSPS) is 31.7. The lowest BCUT2D eigenvalue weighted by atomic mass is 9.95. The van der Waals surface area contributed by atoms with Crippen molar-refractivity contribution in [2.45, 2.75) is 57.0 Å². The van der Waals surface area contributed by atoms with Crippen LogP contribution in [-0.2, 0) is 4.74 Å². The fourth-order valence-corrected chi connectivity index (χ4v) is 3.85. The highest BCUT2D eigenvalue weighted by Crippen LogP contribution is 2.26. The molecule has 0 aromatic rings. The Morgan fingerprint density at radius 1 is 0.944 bits per heavy atom. The second-order valence-corrected chi connectivity index (χ2v) is 6.33. The van der Waals surface area contributed by atoms with Gasteiger partial charge in [-0.2, -0.15) is 0 Å². The number of hydrogen-bond acceptors (Lipinski definition) is 3. The van der Waals surface area contributed by atoms with Crippen LogP contribution in [0.2, 0.25) is 0 Å². The molecule has 1 saturated carbocycles. The smallest absolute Gasteiger partial charge is 0.0480 e. The van der Waals surface area contributed by atoms with E-state index >= 15 is 0 Å². The molecule has 2 aliphatic heterocycles. The monoisotopic (exact) mass is 252 g/mol. The zero-order valence-electron chi connectivity index (χ0n) is 11.6. The highest BCUT2D eigenvalue weighted by Gasteiger charge is 2.34. The number of likely N-dealkylation sites (tertiary alicyclic amines) is 1.